The Bertz CT molecular complexity index is 1000. The Hall–Kier alpha value is -1.39. The lowest BCUT2D eigenvalue weighted by Crippen LogP contribution is -2.67. The van der Waals surface area contributed by atoms with Crippen LogP contribution in [0, 0.1) is 56.7 Å². The lowest BCUT2D eigenvalue weighted by Gasteiger charge is -2.73. The Kier molecular flexibility index (Phi) is 6.71. The van der Waals surface area contributed by atoms with Gasteiger partial charge in [-0.15, -0.1) is 0 Å². The lowest BCUT2D eigenvalue weighted by atomic mass is 9.32. The zero-order valence-corrected chi connectivity index (χ0v) is 25.3. The Labute approximate surface area is 230 Å². The molecule has 0 spiro atoms. The van der Waals surface area contributed by atoms with Crippen molar-refractivity contribution >= 4 is 17.7 Å². The highest BCUT2D eigenvalue weighted by Crippen LogP contribution is 2.77. The first-order valence-electron chi connectivity index (χ1n) is 15.4. The maximum atomic E-state index is 13.0. The number of carbonyl (C=O) groups excluding carboxylic acids is 3. The minimum absolute atomic E-state index is 0.000688. The summed E-state index contributed by atoms with van der Waals surface area (Å²) in [6.45, 7) is 17.8. The van der Waals surface area contributed by atoms with Gasteiger partial charge in [-0.25, -0.2) is 0 Å². The van der Waals surface area contributed by atoms with Gasteiger partial charge in [0, 0.05) is 30.6 Å². The summed E-state index contributed by atoms with van der Waals surface area (Å²) in [5.74, 6) is 2.05. The zero-order chi connectivity index (χ0) is 27.9. The predicted molar refractivity (Wildman–Crippen MR) is 147 cm³/mol. The summed E-state index contributed by atoms with van der Waals surface area (Å²) >= 11 is 0. The largest absolute Gasteiger partial charge is 0.465 e. The monoisotopic (exact) mass is 528 g/mol. The number of Topliss-reactive ketones (excluding diaryl/α,β-unsaturated/α-hetero) is 1. The second-order valence-corrected chi connectivity index (χ2v) is 15.6. The van der Waals surface area contributed by atoms with E-state index >= 15 is 0 Å². The molecule has 5 fully saturated rings. The minimum Gasteiger partial charge on any atom is -0.465 e. The molecule has 38 heavy (non-hydrogen) atoms. The topological polar surface area (TPSA) is 69.7 Å². The maximum absolute atomic E-state index is 13.0. The van der Waals surface area contributed by atoms with Crippen LogP contribution in [0.4, 0.5) is 0 Å². The van der Waals surface area contributed by atoms with Gasteiger partial charge in [-0.2, -0.15) is 0 Å². The summed E-state index contributed by atoms with van der Waals surface area (Å²) in [7, 11) is 0. The van der Waals surface area contributed by atoms with Crippen LogP contribution in [0.25, 0.3) is 0 Å². The van der Waals surface area contributed by atoms with E-state index < -0.39 is 0 Å². The van der Waals surface area contributed by atoms with Crippen LogP contribution in [-0.2, 0) is 23.9 Å². The third-order valence-corrected chi connectivity index (χ3v) is 13.9. The third kappa shape index (κ3) is 3.79. The molecule has 0 aromatic heterocycles. The van der Waals surface area contributed by atoms with E-state index in [0.717, 1.165) is 38.5 Å². The standard InChI is InChI=1S/C33H52O5/c1-20(34)23-11-16-33(19-37-21(2)35)18-17-31(7)24(28(23)33)9-10-26-30(6)14-13-27(38-22(3)36)29(4,5)25(30)12-15-32(26,31)8/h23-28H,9-19H2,1-8H3/t23-,24+,25+,26-,27+,28+,30-,31-,32+,33+/m1/s1. The van der Waals surface area contributed by atoms with Crippen molar-refractivity contribution in [1.82, 2.24) is 0 Å². The average Bonchev–Trinajstić information content (AvgIpc) is 3.20. The Morgan fingerprint density at radius 3 is 2.05 bits per heavy atom. The van der Waals surface area contributed by atoms with Crippen LogP contribution in [0.5, 0.6) is 0 Å². The SMILES string of the molecule is CC(=O)OC[C@@]12CC[C@H](C(C)=O)[C@H]1[C@@H]1CC[C@@H]3[C@]4(C)CC[C@H](OC(C)=O)C(C)(C)[C@@H]4CC[C@]3(C)[C@]1(C)CC2. The second-order valence-electron chi connectivity index (χ2n) is 15.6. The highest BCUT2D eigenvalue weighted by Gasteiger charge is 2.71. The summed E-state index contributed by atoms with van der Waals surface area (Å²) in [5, 5.41) is 0. The van der Waals surface area contributed by atoms with E-state index in [9.17, 15) is 14.4 Å². The third-order valence-electron chi connectivity index (χ3n) is 13.9. The van der Waals surface area contributed by atoms with E-state index in [1.54, 1.807) is 13.8 Å². The van der Waals surface area contributed by atoms with Crippen molar-refractivity contribution in [2.24, 2.45) is 56.7 Å². The quantitative estimate of drug-likeness (QED) is 0.362. The Morgan fingerprint density at radius 2 is 1.42 bits per heavy atom. The number of hydrogen-bond donors (Lipinski definition) is 0. The summed E-state index contributed by atoms with van der Waals surface area (Å²) in [6.07, 6.45) is 11.0. The highest BCUT2D eigenvalue weighted by molar-refractivity contribution is 5.79. The van der Waals surface area contributed by atoms with Gasteiger partial charge in [0.25, 0.3) is 0 Å². The van der Waals surface area contributed by atoms with E-state index in [1.807, 2.05) is 0 Å². The van der Waals surface area contributed by atoms with Gasteiger partial charge in [0.2, 0.25) is 0 Å². The van der Waals surface area contributed by atoms with Crippen molar-refractivity contribution in [2.45, 2.75) is 126 Å². The molecule has 5 aliphatic rings. The summed E-state index contributed by atoms with van der Waals surface area (Å²) < 4.78 is 11.6. The lowest BCUT2D eigenvalue weighted by molar-refractivity contribution is -0.252. The number of esters is 2. The van der Waals surface area contributed by atoms with Crippen molar-refractivity contribution in [3.63, 3.8) is 0 Å². The van der Waals surface area contributed by atoms with Crippen LogP contribution in [0.3, 0.4) is 0 Å². The van der Waals surface area contributed by atoms with Crippen molar-refractivity contribution in [3.05, 3.63) is 0 Å². The van der Waals surface area contributed by atoms with Gasteiger partial charge in [0.15, 0.2) is 0 Å². The molecule has 5 saturated carbocycles. The van der Waals surface area contributed by atoms with Crippen LogP contribution in [0.2, 0.25) is 0 Å². The molecule has 10 atom stereocenters. The van der Waals surface area contributed by atoms with Crippen LogP contribution in [-0.4, -0.2) is 30.4 Å². The fraction of sp³-hybridized carbons (Fsp3) is 0.909. The van der Waals surface area contributed by atoms with Crippen LogP contribution >= 0.6 is 0 Å². The van der Waals surface area contributed by atoms with Crippen molar-refractivity contribution < 1.29 is 23.9 Å². The molecule has 214 valence electrons. The predicted octanol–water partition coefficient (Wildman–Crippen LogP) is 7.15. The number of hydrogen-bond acceptors (Lipinski definition) is 5. The molecule has 5 nitrogen and oxygen atoms in total. The molecule has 5 rings (SSSR count). The molecule has 0 heterocycles. The smallest absolute Gasteiger partial charge is 0.302 e. The van der Waals surface area contributed by atoms with E-state index in [2.05, 4.69) is 34.6 Å². The Morgan fingerprint density at radius 1 is 0.711 bits per heavy atom. The Balaban J connectivity index is 1.49. The minimum atomic E-state index is -0.202. The van der Waals surface area contributed by atoms with E-state index in [-0.39, 0.29) is 51.0 Å². The van der Waals surface area contributed by atoms with Gasteiger partial charge in [0.05, 0.1) is 6.61 Å². The molecule has 0 N–H and O–H groups in total. The normalized spacial score (nSPS) is 49.1. The zero-order valence-electron chi connectivity index (χ0n) is 25.3. The van der Waals surface area contributed by atoms with Gasteiger partial charge in [-0.3, -0.25) is 14.4 Å². The molecule has 5 heteroatoms. The van der Waals surface area contributed by atoms with E-state index in [0.29, 0.717) is 36.1 Å². The van der Waals surface area contributed by atoms with E-state index in [1.165, 1.54) is 32.6 Å². The molecular formula is C33H52O5. The molecule has 0 aliphatic heterocycles. The fourth-order valence-corrected chi connectivity index (χ4v) is 12.1. The van der Waals surface area contributed by atoms with Crippen LogP contribution < -0.4 is 0 Å². The van der Waals surface area contributed by atoms with Gasteiger partial charge in [-0.1, -0.05) is 34.6 Å². The molecule has 0 aromatic rings. The molecule has 5 aliphatic carbocycles. The first kappa shape index (κ1) is 28.1. The number of carbonyl (C=O) groups is 3. The van der Waals surface area contributed by atoms with Gasteiger partial charge in [0.1, 0.15) is 11.9 Å². The molecule has 0 aromatic carbocycles. The highest BCUT2D eigenvalue weighted by atomic mass is 16.5. The van der Waals surface area contributed by atoms with Gasteiger partial charge >= 0.3 is 11.9 Å². The summed E-state index contributed by atoms with van der Waals surface area (Å²) in [6, 6.07) is 0. The summed E-state index contributed by atoms with van der Waals surface area (Å²) in [5.41, 5.74) is 0.532. The number of ether oxygens (including phenoxy) is 2. The molecule has 0 bridgehead atoms. The summed E-state index contributed by atoms with van der Waals surface area (Å²) in [4.78, 5) is 36.8. The number of fused-ring (bicyclic) bond motifs is 7. The second kappa shape index (κ2) is 9.06. The molecule has 0 amide bonds. The number of ketones is 1. The molecule has 0 saturated heterocycles. The fourth-order valence-electron chi connectivity index (χ4n) is 12.1. The van der Waals surface area contributed by atoms with E-state index in [4.69, 9.17) is 9.47 Å². The molecule has 0 unspecified atom stereocenters. The van der Waals surface area contributed by atoms with Crippen LogP contribution in [0.1, 0.15) is 120 Å². The number of rotatable bonds is 4. The van der Waals surface area contributed by atoms with Crippen LogP contribution in [0.15, 0.2) is 0 Å². The first-order valence-corrected chi connectivity index (χ1v) is 15.4. The van der Waals surface area contributed by atoms with Crippen molar-refractivity contribution in [1.29, 1.82) is 0 Å². The first-order chi connectivity index (χ1) is 17.6. The molecule has 0 radical (unpaired) electrons. The molecular weight excluding hydrogens is 476 g/mol. The average molecular weight is 529 g/mol. The van der Waals surface area contributed by atoms with Gasteiger partial charge < -0.3 is 9.47 Å². The van der Waals surface area contributed by atoms with Crippen molar-refractivity contribution in [2.75, 3.05) is 6.61 Å². The van der Waals surface area contributed by atoms with Gasteiger partial charge in [-0.05, 0) is 111 Å². The van der Waals surface area contributed by atoms with Crippen molar-refractivity contribution in [3.8, 4) is 0 Å². The maximum Gasteiger partial charge on any atom is 0.302 e.